The van der Waals surface area contributed by atoms with E-state index in [9.17, 15) is 8.42 Å². The number of aromatic nitrogens is 3. The number of benzene rings is 1. The minimum absolute atomic E-state index is 0.0776. The van der Waals surface area contributed by atoms with E-state index in [-0.39, 0.29) is 5.75 Å². The maximum atomic E-state index is 12.3. The summed E-state index contributed by atoms with van der Waals surface area (Å²) in [5.74, 6) is 0.0776. The molecule has 1 N–H and O–H groups in total. The molecule has 0 unspecified atom stereocenters. The van der Waals surface area contributed by atoms with Crippen LogP contribution in [0.5, 0.6) is 0 Å². The van der Waals surface area contributed by atoms with Crippen molar-refractivity contribution in [2.75, 3.05) is 5.75 Å². The Morgan fingerprint density at radius 1 is 1.08 bits per heavy atom. The third-order valence-electron chi connectivity index (χ3n) is 4.69. The van der Waals surface area contributed by atoms with Crippen molar-refractivity contribution in [2.24, 2.45) is 0 Å². The van der Waals surface area contributed by atoms with Gasteiger partial charge in [0.25, 0.3) is 0 Å². The van der Waals surface area contributed by atoms with E-state index in [4.69, 9.17) is 0 Å². The number of rotatable bonds is 3. The van der Waals surface area contributed by atoms with Gasteiger partial charge in [-0.1, -0.05) is 19.1 Å². The third-order valence-corrected chi connectivity index (χ3v) is 6.42. The lowest BCUT2D eigenvalue weighted by atomic mass is 10.0. The van der Waals surface area contributed by atoms with Crippen LogP contribution in [0.2, 0.25) is 0 Å². The lowest BCUT2D eigenvalue weighted by Crippen LogP contribution is -2.03. The topological polar surface area (TPSA) is 75.7 Å². The van der Waals surface area contributed by atoms with Gasteiger partial charge < -0.3 is 4.98 Å². The maximum absolute atomic E-state index is 12.3. The number of nitrogens with zero attached hydrogens (tertiary/aromatic N) is 2. The summed E-state index contributed by atoms with van der Waals surface area (Å²) in [5, 5.41) is 2.04. The normalized spacial score (nSPS) is 12.1. The largest absolute Gasteiger partial charge is 0.338 e. The average molecular weight is 365 g/mol. The van der Waals surface area contributed by atoms with Crippen LogP contribution in [0.3, 0.4) is 0 Å². The summed E-state index contributed by atoms with van der Waals surface area (Å²) in [7, 11) is -3.27. The molecule has 0 fully saturated rings. The number of fused-ring (bicyclic) bond motifs is 3. The van der Waals surface area contributed by atoms with Gasteiger partial charge in [-0.3, -0.25) is 4.98 Å². The van der Waals surface area contributed by atoms with E-state index in [1.54, 1.807) is 25.1 Å². The van der Waals surface area contributed by atoms with Crippen molar-refractivity contribution >= 4 is 31.8 Å². The Morgan fingerprint density at radius 2 is 1.88 bits per heavy atom. The number of sulfone groups is 1. The van der Waals surface area contributed by atoms with Crippen LogP contribution in [0.15, 0.2) is 47.6 Å². The van der Waals surface area contributed by atoms with Crippen molar-refractivity contribution < 1.29 is 8.42 Å². The van der Waals surface area contributed by atoms with Gasteiger partial charge in [0.2, 0.25) is 0 Å². The summed E-state index contributed by atoms with van der Waals surface area (Å²) < 4.78 is 24.6. The minimum Gasteiger partial charge on any atom is -0.338 e. The third kappa shape index (κ3) is 2.57. The molecule has 0 aliphatic rings. The van der Waals surface area contributed by atoms with Gasteiger partial charge in [0.1, 0.15) is 5.65 Å². The highest BCUT2D eigenvalue weighted by molar-refractivity contribution is 7.91. The molecule has 6 heteroatoms. The molecule has 0 bridgehead atoms. The SMILES string of the molecule is CCS(=O)(=O)c1cccc(-c2cnc(C)c3[nH]c4ncc(C)cc4c23)c1. The van der Waals surface area contributed by atoms with Gasteiger partial charge in [0.15, 0.2) is 9.84 Å². The average Bonchev–Trinajstić information content (AvgIpc) is 3.02. The molecule has 0 spiro atoms. The van der Waals surface area contributed by atoms with E-state index < -0.39 is 9.84 Å². The Hall–Kier alpha value is -2.73. The van der Waals surface area contributed by atoms with E-state index in [0.717, 1.165) is 44.3 Å². The molecule has 5 nitrogen and oxygen atoms in total. The van der Waals surface area contributed by atoms with Gasteiger partial charge in [0, 0.05) is 28.7 Å². The zero-order valence-electron chi connectivity index (χ0n) is 14.9. The molecule has 0 amide bonds. The van der Waals surface area contributed by atoms with Gasteiger partial charge in [-0.15, -0.1) is 0 Å². The second-order valence-corrected chi connectivity index (χ2v) is 8.75. The quantitative estimate of drug-likeness (QED) is 0.591. The fourth-order valence-electron chi connectivity index (χ4n) is 3.26. The van der Waals surface area contributed by atoms with Crippen molar-refractivity contribution in [2.45, 2.75) is 25.7 Å². The number of pyridine rings is 2. The fraction of sp³-hybridized carbons (Fsp3) is 0.200. The minimum atomic E-state index is -3.27. The van der Waals surface area contributed by atoms with Crippen LogP contribution in [0, 0.1) is 13.8 Å². The summed E-state index contributed by atoms with van der Waals surface area (Å²) in [4.78, 5) is 12.7. The van der Waals surface area contributed by atoms with Crippen LogP contribution in [-0.4, -0.2) is 29.1 Å². The lowest BCUT2D eigenvalue weighted by Gasteiger charge is -2.08. The van der Waals surface area contributed by atoms with Crippen LogP contribution in [0.4, 0.5) is 0 Å². The second-order valence-electron chi connectivity index (χ2n) is 6.47. The molecule has 132 valence electrons. The molecule has 4 rings (SSSR count). The second kappa shape index (κ2) is 5.92. The monoisotopic (exact) mass is 365 g/mol. The van der Waals surface area contributed by atoms with Crippen LogP contribution < -0.4 is 0 Å². The molecule has 4 aromatic rings. The molecule has 3 aromatic heterocycles. The van der Waals surface area contributed by atoms with Crippen molar-refractivity contribution in [1.82, 2.24) is 15.0 Å². The van der Waals surface area contributed by atoms with E-state index in [0.29, 0.717) is 4.90 Å². The molecule has 3 heterocycles. The number of aromatic amines is 1. The number of hydrogen-bond donors (Lipinski definition) is 1. The van der Waals surface area contributed by atoms with Crippen LogP contribution in [0.1, 0.15) is 18.2 Å². The Kier molecular flexibility index (Phi) is 3.80. The van der Waals surface area contributed by atoms with Crippen LogP contribution in [-0.2, 0) is 9.84 Å². The van der Waals surface area contributed by atoms with Gasteiger partial charge in [-0.05, 0) is 43.2 Å². The highest BCUT2D eigenvalue weighted by Gasteiger charge is 2.17. The zero-order chi connectivity index (χ0) is 18.5. The summed E-state index contributed by atoms with van der Waals surface area (Å²) in [6, 6.07) is 9.16. The first-order chi connectivity index (χ1) is 12.4. The zero-order valence-corrected chi connectivity index (χ0v) is 15.7. The molecular formula is C20H19N3O2S. The van der Waals surface area contributed by atoms with E-state index in [2.05, 4.69) is 21.0 Å². The molecule has 0 aliphatic heterocycles. The van der Waals surface area contributed by atoms with Crippen molar-refractivity contribution in [3.63, 3.8) is 0 Å². The highest BCUT2D eigenvalue weighted by atomic mass is 32.2. The first kappa shape index (κ1) is 16.7. The molecular weight excluding hydrogens is 346 g/mol. The smallest absolute Gasteiger partial charge is 0.178 e. The lowest BCUT2D eigenvalue weighted by molar-refractivity contribution is 0.597. The van der Waals surface area contributed by atoms with E-state index in [1.165, 1.54) is 0 Å². The first-order valence-corrected chi connectivity index (χ1v) is 10.1. The molecule has 0 radical (unpaired) electrons. The Morgan fingerprint density at radius 3 is 2.65 bits per heavy atom. The molecule has 1 aromatic carbocycles. The van der Waals surface area contributed by atoms with Crippen molar-refractivity contribution in [1.29, 1.82) is 0 Å². The van der Waals surface area contributed by atoms with Crippen molar-refractivity contribution in [3.05, 3.63) is 54.0 Å². The van der Waals surface area contributed by atoms with Gasteiger partial charge >= 0.3 is 0 Å². The molecule has 0 atom stereocenters. The predicted octanol–water partition coefficient (Wildman–Crippen LogP) is 4.19. The Labute approximate surface area is 152 Å². The summed E-state index contributed by atoms with van der Waals surface area (Å²) in [6.07, 6.45) is 3.64. The predicted molar refractivity (Wildman–Crippen MR) is 104 cm³/mol. The summed E-state index contributed by atoms with van der Waals surface area (Å²) >= 11 is 0. The van der Waals surface area contributed by atoms with Crippen LogP contribution in [0.25, 0.3) is 33.1 Å². The van der Waals surface area contributed by atoms with E-state index in [1.807, 2.05) is 32.3 Å². The maximum Gasteiger partial charge on any atom is 0.178 e. The fourth-order valence-corrected chi connectivity index (χ4v) is 4.18. The molecule has 26 heavy (non-hydrogen) atoms. The highest BCUT2D eigenvalue weighted by Crippen LogP contribution is 2.35. The van der Waals surface area contributed by atoms with Gasteiger partial charge in [-0.25, -0.2) is 13.4 Å². The molecule has 0 aliphatic carbocycles. The first-order valence-electron chi connectivity index (χ1n) is 8.47. The Balaban J connectivity index is 2.07. The van der Waals surface area contributed by atoms with Gasteiger partial charge in [0.05, 0.1) is 21.9 Å². The number of nitrogens with one attached hydrogen (secondary N) is 1. The number of H-pyrrole nitrogens is 1. The number of aryl methyl sites for hydroxylation is 2. The van der Waals surface area contributed by atoms with Crippen LogP contribution >= 0.6 is 0 Å². The van der Waals surface area contributed by atoms with Gasteiger partial charge in [-0.2, -0.15) is 0 Å². The van der Waals surface area contributed by atoms with Crippen molar-refractivity contribution in [3.8, 4) is 11.1 Å². The standard InChI is InChI=1S/C20H19N3O2S/c1-4-26(24,25)15-7-5-6-14(9-15)17-11-21-13(3)19-18(17)16-8-12(2)10-22-20(16)23-19/h5-11H,4H2,1-3H3,(H,22,23). The molecule has 0 saturated carbocycles. The summed E-state index contributed by atoms with van der Waals surface area (Å²) in [5.41, 5.74) is 5.43. The Bertz CT molecular complexity index is 1260. The molecule has 0 saturated heterocycles. The van der Waals surface area contributed by atoms with E-state index >= 15 is 0 Å². The summed E-state index contributed by atoms with van der Waals surface area (Å²) in [6.45, 7) is 5.61. The number of hydrogen-bond acceptors (Lipinski definition) is 4.